The molecule has 0 aliphatic heterocycles. The molecule has 0 saturated heterocycles. The summed E-state index contributed by atoms with van der Waals surface area (Å²) in [6.45, 7) is 8.61. The highest BCUT2D eigenvalue weighted by Gasteiger charge is 1.94. The Morgan fingerprint density at radius 2 is 1.42 bits per heavy atom. The van der Waals surface area contributed by atoms with Crippen LogP contribution in [0.1, 0.15) is 13.8 Å². The largest absolute Gasteiger partial charge is 0.400 e. The molecular formula is C8H23NO2Si. The van der Waals surface area contributed by atoms with Crippen molar-refractivity contribution in [1.29, 1.82) is 0 Å². The molecule has 0 aromatic heterocycles. The first-order valence-electron chi connectivity index (χ1n) is 4.36. The Morgan fingerprint density at radius 3 is 1.42 bits per heavy atom. The van der Waals surface area contributed by atoms with Crippen molar-refractivity contribution in [1.82, 2.24) is 4.90 Å². The third kappa shape index (κ3) is 12.7. The topological polar surface area (TPSA) is 21.7 Å². The van der Waals surface area contributed by atoms with Crippen LogP contribution in [-0.2, 0) is 8.85 Å². The molecule has 0 aliphatic carbocycles. The van der Waals surface area contributed by atoms with Crippen molar-refractivity contribution < 1.29 is 8.85 Å². The van der Waals surface area contributed by atoms with Gasteiger partial charge in [-0.1, -0.05) is 13.8 Å². The van der Waals surface area contributed by atoms with E-state index in [1.54, 1.807) is 14.2 Å². The Balaban J connectivity index is 0. The number of hydrogen-bond acceptors (Lipinski definition) is 3. The van der Waals surface area contributed by atoms with Crippen molar-refractivity contribution in [2.45, 2.75) is 20.4 Å². The average Bonchev–Trinajstić information content (AvgIpc) is 2.16. The molecule has 0 spiro atoms. The van der Waals surface area contributed by atoms with Crippen LogP contribution in [0, 0.1) is 0 Å². The zero-order chi connectivity index (χ0) is 9.98. The van der Waals surface area contributed by atoms with Gasteiger partial charge in [-0.3, -0.25) is 0 Å². The fourth-order valence-electron chi connectivity index (χ4n) is 0.320. The second-order valence-electron chi connectivity index (χ2n) is 2.53. The average molecular weight is 193 g/mol. The van der Waals surface area contributed by atoms with E-state index in [0.29, 0.717) is 0 Å². The molecule has 4 heteroatoms. The second kappa shape index (κ2) is 11.1. The fraction of sp³-hybridized carbons (Fsp3) is 1.00. The zero-order valence-corrected chi connectivity index (χ0v) is 10.4. The minimum absolute atomic E-state index is 1.16. The molecule has 0 fully saturated rings. The molecule has 0 radical (unpaired) electrons. The summed E-state index contributed by atoms with van der Waals surface area (Å²) in [5, 5.41) is 0. The monoisotopic (exact) mass is 193 g/mol. The minimum atomic E-state index is -1.16. The molecule has 0 amide bonds. The Morgan fingerprint density at radius 1 is 1.08 bits per heavy atom. The van der Waals surface area contributed by atoms with Crippen molar-refractivity contribution in [3.63, 3.8) is 0 Å². The summed E-state index contributed by atoms with van der Waals surface area (Å²) in [5.41, 5.74) is 0. The van der Waals surface area contributed by atoms with Gasteiger partial charge < -0.3 is 13.8 Å². The quantitative estimate of drug-likeness (QED) is 0.624. The number of hydrogen-bond donors (Lipinski definition) is 0. The van der Waals surface area contributed by atoms with Crippen molar-refractivity contribution in [2.24, 2.45) is 0 Å². The molecule has 0 N–H and O–H groups in total. The predicted octanol–water partition coefficient (Wildman–Crippen LogP) is 1.09. The van der Waals surface area contributed by atoms with E-state index < -0.39 is 9.28 Å². The molecule has 0 aliphatic rings. The first kappa shape index (κ1) is 14.6. The van der Waals surface area contributed by atoms with E-state index in [1.807, 2.05) is 6.55 Å². The molecule has 3 nitrogen and oxygen atoms in total. The summed E-state index contributed by atoms with van der Waals surface area (Å²) < 4.78 is 9.63. The maximum Gasteiger partial charge on any atom is 0.317 e. The first-order valence-corrected chi connectivity index (χ1v) is 6.46. The van der Waals surface area contributed by atoms with E-state index in [2.05, 4.69) is 25.8 Å². The SMILES string of the molecule is CCN(C)CC.CO[SiH](C)OC. The molecule has 12 heavy (non-hydrogen) atoms. The van der Waals surface area contributed by atoms with E-state index >= 15 is 0 Å². The van der Waals surface area contributed by atoms with Gasteiger partial charge in [0.15, 0.2) is 0 Å². The van der Waals surface area contributed by atoms with Gasteiger partial charge in [0, 0.05) is 14.2 Å². The Kier molecular flexibility index (Phi) is 13.5. The van der Waals surface area contributed by atoms with Crippen LogP contribution in [-0.4, -0.2) is 48.5 Å². The van der Waals surface area contributed by atoms with Crippen molar-refractivity contribution in [3.05, 3.63) is 0 Å². The molecule has 0 aromatic rings. The van der Waals surface area contributed by atoms with Crippen LogP contribution in [0.5, 0.6) is 0 Å². The summed E-state index contributed by atoms with van der Waals surface area (Å²) in [6, 6.07) is 0. The zero-order valence-electron chi connectivity index (χ0n) is 9.26. The van der Waals surface area contributed by atoms with Crippen LogP contribution in [0.15, 0.2) is 0 Å². The van der Waals surface area contributed by atoms with E-state index in [1.165, 1.54) is 0 Å². The van der Waals surface area contributed by atoms with E-state index in [0.717, 1.165) is 13.1 Å². The standard InChI is InChI=1S/C5H13N.C3H10O2Si/c2*1-4-6(3)5-2/h4-5H2,1-3H3;6H,1-3H3. The van der Waals surface area contributed by atoms with Crippen LogP contribution >= 0.6 is 0 Å². The Labute approximate surface area is 78.5 Å². The number of rotatable bonds is 4. The van der Waals surface area contributed by atoms with Gasteiger partial charge in [0.05, 0.1) is 0 Å². The van der Waals surface area contributed by atoms with Crippen LogP contribution in [0.3, 0.4) is 0 Å². The predicted molar refractivity (Wildman–Crippen MR) is 55.9 cm³/mol. The van der Waals surface area contributed by atoms with Gasteiger partial charge in [0.1, 0.15) is 0 Å². The fourth-order valence-corrected chi connectivity index (χ4v) is 0.512. The molecule has 0 atom stereocenters. The van der Waals surface area contributed by atoms with Gasteiger partial charge >= 0.3 is 9.28 Å². The second-order valence-corrected chi connectivity index (χ2v) is 4.61. The molecule has 0 saturated carbocycles. The Hall–Kier alpha value is 0.0969. The van der Waals surface area contributed by atoms with Gasteiger partial charge in [-0.25, -0.2) is 0 Å². The van der Waals surface area contributed by atoms with Crippen LogP contribution in [0.4, 0.5) is 0 Å². The summed E-state index contributed by atoms with van der Waals surface area (Å²) in [5.74, 6) is 0. The third-order valence-electron chi connectivity index (χ3n) is 1.74. The summed E-state index contributed by atoms with van der Waals surface area (Å²) >= 11 is 0. The summed E-state index contributed by atoms with van der Waals surface area (Å²) in [6.07, 6.45) is 0. The number of nitrogens with zero attached hydrogens (tertiary/aromatic N) is 1. The van der Waals surface area contributed by atoms with Gasteiger partial charge in [-0.15, -0.1) is 0 Å². The molecule has 0 unspecified atom stereocenters. The first-order chi connectivity index (χ1) is 5.62. The van der Waals surface area contributed by atoms with E-state index in [4.69, 9.17) is 8.85 Å². The van der Waals surface area contributed by atoms with Gasteiger partial charge in [0.25, 0.3) is 0 Å². The highest BCUT2D eigenvalue weighted by atomic mass is 28.3. The smallest absolute Gasteiger partial charge is 0.317 e. The van der Waals surface area contributed by atoms with Gasteiger partial charge in [0.2, 0.25) is 0 Å². The van der Waals surface area contributed by atoms with Crippen molar-refractivity contribution in [3.8, 4) is 0 Å². The van der Waals surface area contributed by atoms with Crippen molar-refractivity contribution >= 4 is 9.28 Å². The van der Waals surface area contributed by atoms with Gasteiger partial charge in [-0.2, -0.15) is 0 Å². The summed E-state index contributed by atoms with van der Waals surface area (Å²) in [4.78, 5) is 2.25. The summed E-state index contributed by atoms with van der Waals surface area (Å²) in [7, 11) is 4.28. The van der Waals surface area contributed by atoms with Crippen molar-refractivity contribution in [2.75, 3.05) is 34.4 Å². The molecule has 76 valence electrons. The lowest BCUT2D eigenvalue weighted by molar-refractivity contribution is 0.285. The maximum absolute atomic E-state index is 4.82. The lowest BCUT2D eigenvalue weighted by atomic mass is 10.6. The molecule has 0 bridgehead atoms. The van der Waals surface area contributed by atoms with E-state index in [-0.39, 0.29) is 0 Å². The third-order valence-corrected chi connectivity index (χ3v) is 3.07. The lowest BCUT2D eigenvalue weighted by Crippen LogP contribution is -2.15. The minimum Gasteiger partial charge on any atom is -0.400 e. The lowest BCUT2D eigenvalue weighted by Gasteiger charge is -2.07. The molecule has 0 rings (SSSR count). The van der Waals surface area contributed by atoms with Crippen LogP contribution < -0.4 is 0 Å². The van der Waals surface area contributed by atoms with E-state index in [9.17, 15) is 0 Å². The van der Waals surface area contributed by atoms with Gasteiger partial charge in [-0.05, 0) is 26.7 Å². The van der Waals surface area contributed by atoms with Crippen LogP contribution in [0.2, 0.25) is 6.55 Å². The Bertz CT molecular complexity index is 65.5. The molecular weight excluding hydrogens is 170 g/mol. The maximum atomic E-state index is 4.82. The highest BCUT2D eigenvalue weighted by molar-refractivity contribution is 6.42. The highest BCUT2D eigenvalue weighted by Crippen LogP contribution is 1.77. The molecule has 0 heterocycles. The van der Waals surface area contributed by atoms with Crippen LogP contribution in [0.25, 0.3) is 0 Å². The normalized spacial score (nSPS) is 10.0. The molecule has 0 aromatic carbocycles.